The van der Waals surface area contributed by atoms with Crippen LogP contribution >= 0.6 is 11.3 Å². The molecule has 0 spiro atoms. The SMILES string of the molecule is Cc1nc(-c2cc[nH]c2)sc1C1(CO)CC1. The minimum Gasteiger partial charge on any atom is -0.395 e. The van der Waals surface area contributed by atoms with Crippen LogP contribution in [0.2, 0.25) is 0 Å². The van der Waals surface area contributed by atoms with Gasteiger partial charge in [-0.3, -0.25) is 0 Å². The maximum absolute atomic E-state index is 9.45. The van der Waals surface area contributed by atoms with Gasteiger partial charge in [0.15, 0.2) is 0 Å². The number of H-pyrrole nitrogens is 1. The maximum atomic E-state index is 9.45. The molecule has 0 amide bonds. The minimum absolute atomic E-state index is 0.0380. The third-order valence-corrected chi connectivity index (χ3v) is 4.73. The lowest BCUT2D eigenvalue weighted by atomic mass is 10.1. The number of aryl methyl sites for hydroxylation is 1. The number of hydrogen-bond acceptors (Lipinski definition) is 3. The van der Waals surface area contributed by atoms with Crippen LogP contribution in [0.5, 0.6) is 0 Å². The minimum atomic E-state index is 0.0380. The van der Waals surface area contributed by atoms with Gasteiger partial charge in [-0.15, -0.1) is 11.3 Å². The van der Waals surface area contributed by atoms with Crippen molar-refractivity contribution in [1.82, 2.24) is 9.97 Å². The van der Waals surface area contributed by atoms with Crippen LogP contribution in [0.4, 0.5) is 0 Å². The predicted octanol–water partition coefficient (Wildman–Crippen LogP) is 2.47. The number of aliphatic hydroxyl groups is 1. The van der Waals surface area contributed by atoms with E-state index in [2.05, 4.69) is 9.97 Å². The van der Waals surface area contributed by atoms with Crippen LogP contribution in [0, 0.1) is 6.92 Å². The molecule has 0 bridgehead atoms. The Balaban J connectivity index is 2.03. The van der Waals surface area contributed by atoms with Gasteiger partial charge in [0.25, 0.3) is 0 Å². The molecule has 0 saturated heterocycles. The van der Waals surface area contributed by atoms with Gasteiger partial charge in [-0.1, -0.05) is 0 Å². The van der Waals surface area contributed by atoms with Gasteiger partial charge in [-0.2, -0.15) is 0 Å². The second-order valence-electron chi connectivity index (χ2n) is 4.47. The van der Waals surface area contributed by atoms with Crippen LogP contribution < -0.4 is 0 Å². The van der Waals surface area contributed by atoms with E-state index in [1.165, 1.54) is 4.88 Å². The van der Waals surface area contributed by atoms with E-state index in [1.54, 1.807) is 11.3 Å². The summed E-state index contributed by atoms with van der Waals surface area (Å²) in [7, 11) is 0. The van der Waals surface area contributed by atoms with Gasteiger partial charge in [0.2, 0.25) is 0 Å². The molecular formula is C12H14N2OS. The van der Waals surface area contributed by atoms with Crippen molar-refractivity contribution in [1.29, 1.82) is 0 Å². The summed E-state index contributed by atoms with van der Waals surface area (Å²) >= 11 is 1.72. The van der Waals surface area contributed by atoms with Crippen molar-refractivity contribution in [3.05, 3.63) is 29.0 Å². The normalized spacial score (nSPS) is 17.6. The fraction of sp³-hybridized carbons (Fsp3) is 0.417. The van der Waals surface area contributed by atoms with Gasteiger partial charge in [0.1, 0.15) is 5.01 Å². The maximum Gasteiger partial charge on any atom is 0.125 e. The van der Waals surface area contributed by atoms with E-state index in [-0.39, 0.29) is 12.0 Å². The lowest BCUT2D eigenvalue weighted by molar-refractivity contribution is 0.256. The van der Waals surface area contributed by atoms with E-state index in [1.807, 2.05) is 25.4 Å². The molecule has 2 heterocycles. The zero-order valence-corrected chi connectivity index (χ0v) is 9.97. The molecule has 16 heavy (non-hydrogen) atoms. The summed E-state index contributed by atoms with van der Waals surface area (Å²) in [6, 6.07) is 2.03. The highest BCUT2D eigenvalue weighted by Gasteiger charge is 2.46. The van der Waals surface area contributed by atoms with Crippen LogP contribution in [0.25, 0.3) is 10.6 Å². The van der Waals surface area contributed by atoms with Crippen molar-refractivity contribution in [2.45, 2.75) is 25.2 Å². The zero-order chi connectivity index (χ0) is 11.2. The van der Waals surface area contributed by atoms with Crippen LogP contribution in [-0.4, -0.2) is 21.7 Å². The van der Waals surface area contributed by atoms with Crippen LogP contribution in [0.15, 0.2) is 18.5 Å². The monoisotopic (exact) mass is 234 g/mol. The average molecular weight is 234 g/mol. The van der Waals surface area contributed by atoms with Crippen molar-refractivity contribution in [3.63, 3.8) is 0 Å². The van der Waals surface area contributed by atoms with Crippen molar-refractivity contribution in [2.75, 3.05) is 6.61 Å². The van der Waals surface area contributed by atoms with Gasteiger partial charge in [-0.25, -0.2) is 4.98 Å². The molecule has 1 fully saturated rings. The summed E-state index contributed by atoms with van der Waals surface area (Å²) in [5.74, 6) is 0. The topological polar surface area (TPSA) is 48.9 Å². The van der Waals surface area contributed by atoms with Gasteiger partial charge in [0, 0.05) is 28.2 Å². The first-order chi connectivity index (χ1) is 7.75. The van der Waals surface area contributed by atoms with Gasteiger partial charge >= 0.3 is 0 Å². The quantitative estimate of drug-likeness (QED) is 0.857. The van der Waals surface area contributed by atoms with E-state index >= 15 is 0 Å². The van der Waals surface area contributed by atoms with Gasteiger partial charge in [0.05, 0.1) is 12.3 Å². The summed E-state index contributed by atoms with van der Waals surface area (Å²) in [6.45, 7) is 2.29. The Morgan fingerprint density at radius 1 is 1.56 bits per heavy atom. The van der Waals surface area contributed by atoms with Crippen LogP contribution in [0.1, 0.15) is 23.4 Å². The highest BCUT2D eigenvalue weighted by molar-refractivity contribution is 7.15. The van der Waals surface area contributed by atoms with Crippen molar-refractivity contribution >= 4 is 11.3 Å². The number of nitrogens with one attached hydrogen (secondary N) is 1. The molecule has 84 valence electrons. The molecule has 3 nitrogen and oxygen atoms in total. The smallest absolute Gasteiger partial charge is 0.125 e. The standard InChI is InChI=1S/C12H14N2OS/c1-8-10(12(7-15)3-4-12)16-11(14-8)9-2-5-13-6-9/h2,5-6,13,15H,3-4,7H2,1H3. The number of hydrogen-bond donors (Lipinski definition) is 2. The first-order valence-corrected chi connectivity index (χ1v) is 6.29. The lowest BCUT2D eigenvalue weighted by Gasteiger charge is -2.08. The van der Waals surface area contributed by atoms with E-state index in [0.29, 0.717) is 0 Å². The molecule has 0 aliphatic heterocycles. The van der Waals surface area contributed by atoms with E-state index in [9.17, 15) is 5.11 Å². The fourth-order valence-electron chi connectivity index (χ4n) is 2.08. The molecule has 2 aromatic rings. The molecule has 0 radical (unpaired) electrons. The molecule has 0 atom stereocenters. The fourth-order valence-corrected chi connectivity index (χ4v) is 3.38. The molecule has 1 saturated carbocycles. The van der Waals surface area contributed by atoms with Crippen LogP contribution in [-0.2, 0) is 5.41 Å². The van der Waals surface area contributed by atoms with Crippen molar-refractivity contribution < 1.29 is 5.11 Å². The third kappa shape index (κ3) is 1.41. The number of thiazole rings is 1. The molecule has 2 aromatic heterocycles. The Labute approximate surface area is 98.2 Å². The Kier molecular flexibility index (Phi) is 2.16. The molecule has 0 aromatic carbocycles. The molecule has 4 heteroatoms. The van der Waals surface area contributed by atoms with Crippen molar-refractivity contribution in [2.24, 2.45) is 0 Å². The largest absolute Gasteiger partial charge is 0.395 e. The Morgan fingerprint density at radius 3 is 2.94 bits per heavy atom. The lowest BCUT2D eigenvalue weighted by Crippen LogP contribution is -2.11. The summed E-state index contributed by atoms with van der Waals surface area (Å²) in [6.07, 6.45) is 6.06. The second-order valence-corrected chi connectivity index (χ2v) is 5.47. The molecule has 1 aliphatic carbocycles. The Hall–Kier alpha value is -1.13. The first kappa shape index (κ1) is 10.1. The second kappa shape index (κ2) is 3.43. The first-order valence-electron chi connectivity index (χ1n) is 5.47. The van der Waals surface area contributed by atoms with E-state index in [4.69, 9.17) is 0 Å². The summed E-state index contributed by atoms with van der Waals surface area (Å²) in [5.41, 5.74) is 2.25. The average Bonchev–Trinajstić information content (AvgIpc) is 2.74. The number of rotatable bonds is 3. The van der Waals surface area contributed by atoms with Crippen molar-refractivity contribution in [3.8, 4) is 10.6 Å². The predicted molar refractivity (Wildman–Crippen MR) is 64.6 cm³/mol. The van der Waals surface area contributed by atoms with E-state index < -0.39 is 0 Å². The molecular weight excluding hydrogens is 220 g/mol. The summed E-state index contributed by atoms with van der Waals surface area (Å²) in [4.78, 5) is 8.91. The number of aromatic nitrogens is 2. The van der Waals surface area contributed by atoms with Crippen LogP contribution in [0.3, 0.4) is 0 Å². The summed E-state index contributed by atoms with van der Waals surface area (Å²) in [5, 5.41) is 10.5. The molecule has 0 unspecified atom stereocenters. The third-order valence-electron chi connectivity index (χ3n) is 3.28. The summed E-state index contributed by atoms with van der Waals surface area (Å²) < 4.78 is 0. The zero-order valence-electron chi connectivity index (χ0n) is 9.16. The Bertz CT molecular complexity index is 497. The number of nitrogens with zero attached hydrogens (tertiary/aromatic N) is 1. The van der Waals surface area contributed by atoms with E-state index in [0.717, 1.165) is 29.1 Å². The number of aromatic amines is 1. The number of aliphatic hydroxyl groups excluding tert-OH is 1. The molecule has 1 aliphatic rings. The Morgan fingerprint density at radius 2 is 2.38 bits per heavy atom. The van der Waals surface area contributed by atoms with Gasteiger partial charge in [-0.05, 0) is 25.8 Å². The highest BCUT2D eigenvalue weighted by Crippen LogP contribution is 2.51. The highest BCUT2D eigenvalue weighted by atomic mass is 32.1. The molecule has 3 rings (SSSR count). The van der Waals surface area contributed by atoms with Gasteiger partial charge < -0.3 is 10.1 Å². The molecule has 2 N–H and O–H groups in total.